The predicted octanol–water partition coefficient (Wildman–Crippen LogP) is 2.60. The number of esters is 1. The fraction of sp³-hybridized carbons (Fsp3) is 0.562. The van der Waals surface area contributed by atoms with Crippen LogP contribution in [0.25, 0.3) is 0 Å². The third-order valence-electron chi connectivity index (χ3n) is 3.92. The van der Waals surface area contributed by atoms with E-state index >= 15 is 0 Å². The maximum atomic E-state index is 12.9. The molecule has 0 N–H and O–H groups in total. The van der Waals surface area contributed by atoms with E-state index in [4.69, 9.17) is 11.6 Å². The number of rotatable bonds is 3. The van der Waals surface area contributed by atoms with Gasteiger partial charge in [-0.3, -0.25) is 4.79 Å². The van der Waals surface area contributed by atoms with Crippen LogP contribution in [0.1, 0.15) is 38.5 Å². The molecule has 1 aliphatic rings. The smallest absolute Gasteiger partial charge is 0.316 e. The summed E-state index contributed by atoms with van der Waals surface area (Å²) < 4.78 is 41.9. The summed E-state index contributed by atoms with van der Waals surface area (Å²) in [5.41, 5.74) is -0.281. The maximum Gasteiger partial charge on any atom is 0.316 e. The lowest BCUT2D eigenvalue weighted by atomic mass is 9.74. The maximum absolute atomic E-state index is 12.9. The molecule has 1 aromatic rings. The SMILES string of the molecule is [2H]C([2H])([2H])C([2H])([2H])OC(=O)C1(c2ccccc2)CCCN(C)CC1. The van der Waals surface area contributed by atoms with Crippen molar-refractivity contribution in [2.75, 3.05) is 26.7 Å². The van der Waals surface area contributed by atoms with Gasteiger partial charge in [0.05, 0.1) is 14.7 Å². The van der Waals surface area contributed by atoms with Gasteiger partial charge in [-0.25, -0.2) is 0 Å². The highest BCUT2D eigenvalue weighted by Gasteiger charge is 2.42. The second kappa shape index (κ2) is 6.20. The highest BCUT2D eigenvalue weighted by molar-refractivity contribution is 5.83. The van der Waals surface area contributed by atoms with E-state index in [1.165, 1.54) is 0 Å². The minimum absolute atomic E-state index is 0.462. The third kappa shape index (κ3) is 2.98. The first-order chi connectivity index (χ1) is 11.1. The Hall–Kier alpha value is -1.35. The number of hydrogen-bond acceptors (Lipinski definition) is 3. The summed E-state index contributed by atoms with van der Waals surface area (Å²) in [5, 5.41) is 0. The van der Waals surface area contributed by atoms with Crippen molar-refractivity contribution < 1.29 is 16.4 Å². The molecule has 0 radical (unpaired) electrons. The molecule has 0 amide bonds. The van der Waals surface area contributed by atoms with Crippen molar-refractivity contribution in [3.05, 3.63) is 35.9 Å². The molecule has 104 valence electrons. The van der Waals surface area contributed by atoms with Crippen molar-refractivity contribution in [2.24, 2.45) is 0 Å². The monoisotopic (exact) mass is 266 g/mol. The van der Waals surface area contributed by atoms with Gasteiger partial charge < -0.3 is 9.64 Å². The Labute approximate surface area is 122 Å². The molecule has 0 aliphatic carbocycles. The van der Waals surface area contributed by atoms with E-state index in [0.29, 0.717) is 19.4 Å². The summed E-state index contributed by atoms with van der Waals surface area (Å²) in [6.07, 6.45) is 1.71. The van der Waals surface area contributed by atoms with Gasteiger partial charge in [-0.2, -0.15) is 0 Å². The van der Waals surface area contributed by atoms with Crippen LogP contribution < -0.4 is 0 Å². The van der Waals surface area contributed by atoms with Gasteiger partial charge in [0, 0.05) is 4.11 Å². The molecular weight excluding hydrogens is 238 g/mol. The minimum Gasteiger partial charge on any atom is -0.465 e. The number of carbonyl (C=O) groups excluding carboxylic acids is 1. The van der Waals surface area contributed by atoms with E-state index in [0.717, 1.165) is 18.5 Å². The molecule has 1 heterocycles. The van der Waals surface area contributed by atoms with Gasteiger partial charge >= 0.3 is 5.97 Å². The number of carbonyl (C=O) groups is 1. The first-order valence-electron chi connectivity index (χ1n) is 9.06. The minimum atomic E-state index is -3.03. The molecular formula is C16H23NO2. The largest absolute Gasteiger partial charge is 0.465 e. The van der Waals surface area contributed by atoms with Crippen LogP contribution >= 0.6 is 0 Å². The molecule has 0 aromatic heterocycles. The molecule has 19 heavy (non-hydrogen) atoms. The molecule has 3 nitrogen and oxygen atoms in total. The highest BCUT2D eigenvalue weighted by Crippen LogP contribution is 2.36. The Kier molecular flexibility index (Phi) is 2.85. The van der Waals surface area contributed by atoms with Crippen LogP contribution in [0, 0.1) is 0 Å². The fourth-order valence-corrected chi connectivity index (χ4v) is 2.78. The molecule has 0 bridgehead atoms. The number of nitrogens with zero attached hydrogens (tertiary/aromatic N) is 1. The van der Waals surface area contributed by atoms with Crippen molar-refractivity contribution >= 4 is 5.97 Å². The first kappa shape index (κ1) is 8.75. The zero-order valence-electron chi connectivity index (χ0n) is 16.2. The quantitative estimate of drug-likeness (QED) is 0.788. The van der Waals surface area contributed by atoms with Crippen LogP contribution in [0.15, 0.2) is 30.3 Å². The number of benzene rings is 1. The molecule has 1 unspecified atom stereocenters. The summed E-state index contributed by atoms with van der Waals surface area (Å²) >= 11 is 0. The molecule has 2 rings (SSSR count). The molecule has 1 aromatic carbocycles. The van der Waals surface area contributed by atoms with Crippen LogP contribution in [0.5, 0.6) is 0 Å². The van der Waals surface area contributed by atoms with Crippen LogP contribution in [0.4, 0.5) is 0 Å². The molecule has 1 fully saturated rings. The van der Waals surface area contributed by atoms with Gasteiger partial charge in [-0.1, -0.05) is 30.3 Å². The van der Waals surface area contributed by atoms with E-state index in [2.05, 4.69) is 4.90 Å². The van der Waals surface area contributed by atoms with Crippen LogP contribution in [0.2, 0.25) is 0 Å². The zero-order chi connectivity index (χ0) is 18.0. The van der Waals surface area contributed by atoms with E-state index < -0.39 is 24.8 Å². The normalized spacial score (nSPS) is 30.1. The average molecular weight is 266 g/mol. The predicted molar refractivity (Wildman–Crippen MR) is 76.1 cm³/mol. The Balaban J connectivity index is 2.38. The topological polar surface area (TPSA) is 29.5 Å². The van der Waals surface area contributed by atoms with Crippen LogP contribution in [-0.2, 0) is 14.9 Å². The Morgan fingerprint density at radius 3 is 2.95 bits per heavy atom. The van der Waals surface area contributed by atoms with Gasteiger partial charge in [-0.15, -0.1) is 0 Å². The van der Waals surface area contributed by atoms with Crippen LogP contribution in [0.3, 0.4) is 0 Å². The lowest BCUT2D eigenvalue weighted by molar-refractivity contribution is -0.150. The number of ether oxygens (including phenoxy) is 1. The fourth-order valence-electron chi connectivity index (χ4n) is 2.78. The van der Waals surface area contributed by atoms with E-state index in [1.54, 1.807) is 0 Å². The number of likely N-dealkylation sites (tertiary alicyclic amines) is 1. The average Bonchev–Trinajstić information content (AvgIpc) is 2.69. The van der Waals surface area contributed by atoms with Gasteiger partial charge in [-0.05, 0) is 51.8 Å². The van der Waals surface area contributed by atoms with E-state index in [1.807, 2.05) is 37.4 Å². The molecule has 1 atom stereocenters. The molecule has 0 spiro atoms. The first-order valence-corrected chi connectivity index (χ1v) is 6.56. The summed E-state index contributed by atoms with van der Waals surface area (Å²) in [6, 6.07) is 9.11. The van der Waals surface area contributed by atoms with Crippen molar-refractivity contribution in [1.82, 2.24) is 4.90 Å². The third-order valence-corrected chi connectivity index (χ3v) is 3.92. The zero-order valence-corrected chi connectivity index (χ0v) is 11.2. The number of hydrogen-bond donors (Lipinski definition) is 0. The van der Waals surface area contributed by atoms with Crippen molar-refractivity contribution in [2.45, 2.75) is 31.5 Å². The summed E-state index contributed by atoms with van der Waals surface area (Å²) in [5.74, 6) is -0.801. The standard InChI is InChI=1S/C16H23NO2/c1-3-19-15(18)16(14-8-5-4-6-9-14)10-7-12-17(2)13-11-16/h4-6,8-9H,3,7,10-13H2,1-2H3/i1D3,3D2. The van der Waals surface area contributed by atoms with Crippen molar-refractivity contribution in [1.29, 1.82) is 0 Å². The van der Waals surface area contributed by atoms with Gasteiger partial charge in [0.2, 0.25) is 0 Å². The van der Waals surface area contributed by atoms with Gasteiger partial charge in [0.25, 0.3) is 0 Å². The molecule has 1 aliphatic heterocycles. The summed E-state index contributed by atoms with van der Waals surface area (Å²) in [7, 11) is 1.97. The lowest BCUT2D eigenvalue weighted by Crippen LogP contribution is -2.38. The van der Waals surface area contributed by atoms with Gasteiger partial charge in [0.15, 0.2) is 0 Å². The van der Waals surface area contributed by atoms with Crippen molar-refractivity contribution in [3.8, 4) is 0 Å². The highest BCUT2D eigenvalue weighted by atomic mass is 16.5. The second-order valence-corrected chi connectivity index (χ2v) is 5.10. The van der Waals surface area contributed by atoms with E-state index in [-0.39, 0.29) is 0 Å². The Bertz CT molecular complexity index is 576. The molecule has 3 heteroatoms. The summed E-state index contributed by atoms with van der Waals surface area (Å²) in [6.45, 7) is -4.55. The van der Waals surface area contributed by atoms with E-state index in [9.17, 15) is 4.79 Å². The van der Waals surface area contributed by atoms with Crippen molar-refractivity contribution in [3.63, 3.8) is 0 Å². The Morgan fingerprint density at radius 2 is 2.21 bits per heavy atom. The van der Waals surface area contributed by atoms with Crippen LogP contribution in [-0.4, -0.2) is 37.6 Å². The Morgan fingerprint density at radius 1 is 1.42 bits per heavy atom. The lowest BCUT2D eigenvalue weighted by Gasteiger charge is -2.30. The second-order valence-electron chi connectivity index (χ2n) is 5.10. The molecule has 0 saturated carbocycles. The summed E-state index contributed by atoms with van der Waals surface area (Å²) in [4.78, 5) is 15.0. The molecule has 1 saturated heterocycles. The van der Waals surface area contributed by atoms with Gasteiger partial charge in [0.1, 0.15) is 0 Å².